The number of nitrogens with zero attached hydrogens (tertiary/aromatic N) is 3. The number of carbonyl (C=O) groups excluding carboxylic acids is 1. The van der Waals surface area contributed by atoms with Gasteiger partial charge in [0, 0.05) is 19.1 Å². The summed E-state index contributed by atoms with van der Waals surface area (Å²) in [5, 5.41) is 3.51. The Labute approximate surface area is 175 Å². The summed E-state index contributed by atoms with van der Waals surface area (Å²) in [5.74, 6) is 0.498. The first-order valence-electron chi connectivity index (χ1n) is 10.2. The van der Waals surface area contributed by atoms with Crippen molar-refractivity contribution in [1.82, 2.24) is 14.5 Å². The highest BCUT2D eigenvalue weighted by molar-refractivity contribution is 5.79. The van der Waals surface area contributed by atoms with Crippen LogP contribution < -0.4 is 5.32 Å². The highest BCUT2D eigenvalue weighted by Crippen LogP contribution is 2.24. The fourth-order valence-electron chi connectivity index (χ4n) is 3.67. The molecule has 1 aromatic heterocycles. The van der Waals surface area contributed by atoms with Gasteiger partial charge in [0.05, 0.1) is 17.6 Å². The number of para-hydroxylation sites is 2. The van der Waals surface area contributed by atoms with Crippen LogP contribution in [0.4, 0.5) is 15.1 Å². The number of benzene rings is 2. The number of aromatic nitrogens is 2. The summed E-state index contributed by atoms with van der Waals surface area (Å²) in [7, 11) is 0. The number of nitrogens with one attached hydrogen (secondary N) is 1. The van der Waals surface area contributed by atoms with E-state index < -0.39 is 5.60 Å². The molecule has 2 heterocycles. The van der Waals surface area contributed by atoms with Crippen molar-refractivity contribution >= 4 is 23.1 Å². The van der Waals surface area contributed by atoms with Gasteiger partial charge >= 0.3 is 6.09 Å². The average Bonchev–Trinajstić information content (AvgIpc) is 3.28. The van der Waals surface area contributed by atoms with Crippen molar-refractivity contribution in [2.24, 2.45) is 0 Å². The van der Waals surface area contributed by atoms with E-state index in [1.54, 1.807) is 17.0 Å². The molecule has 158 valence electrons. The van der Waals surface area contributed by atoms with Crippen LogP contribution in [0.2, 0.25) is 0 Å². The van der Waals surface area contributed by atoms with Crippen LogP contribution in [0.1, 0.15) is 32.8 Å². The van der Waals surface area contributed by atoms with Gasteiger partial charge in [0.2, 0.25) is 5.95 Å². The summed E-state index contributed by atoms with van der Waals surface area (Å²) in [5.41, 5.74) is 2.38. The van der Waals surface area contributed by atoms with Crippen molar-refractivity contribution in [3.8, 4) is 0 Å². The first-order valence-corrected chi connectivity index (χ1v) is 10.2. The van der Waals surface area contributed by atoms with E-state index in [1.807, 2.05) is 45.0 Å². The van der Waals surface area contributed by atoms with Gasteiger partial charge in [-0.1, -0.05) is 24.3 Å². The lowest BCUT2D eigenvalue weighted by molar-refractivity contribution is 0.0293. The molecule has 0 radical (unpaired) electrons. The van der Waals surface area contributed by atoms with Crippen LogP contribution in [0.15, 0.2) is 48.5 Å². The number of halogens is 1. The number of imidazole rings is 1. The van der Waals surface area contributed by atoms with E-state index in [2.05, 4.69) is 9.88 Å². The zero-order valence-electron chi connectivity index (χ0n) is 17.6. The second kappa shape index (κ2) is 7.97. The van der Waals surface area contributed by atoms with Gasteiger partial charge in [-0.25, -0.2) is 14.2 Å². The lowest BCUT2D eigenvalue weighted by Crippen LogP contribution is -2.36. The van der Waals surface area contributed by atoms with Gasteiger partial charge in [-0.15, -0.1) is 0 Å². The highest BCUT2D eigenvalue weighted by Gasteiger charge is 2.30. The average molecular weight is 410 g/mol. The van der Waals surface area contributed by atoms with Crippen LogP contribution in [0, 0.1) is 5.82 Å². The monoisotopic (exact) mass is 410 g/mol. The molecule has 1 fully saturated rings. The van der Waals surface area contributed by atoms with E-state index in [0.29, 0.717) is 19.6 Å². The van der Waals surface area contributed by atoms with E-state index >= 15 is 0 Å². The number of amides is 1. The fourth-order valence-corrected chi connectivity index (χ4v) is 3.67. The third-order valence-electron chi connectivity index (χ3n) is 5.08. The summed E-state index contributed by atoms with van der Waals surface area (Å²) in [4.78, 5) is 18.9. The quantitative estimate of drug-likeness (QED) is 0.680. The summed E-state index contributed by atoms with van der Waals surface area (Å²) in [6, 6.07) is 14.5. The van der Waals surface area contributed by atoms with Gasteiger partial charge in [-0.2, -0.15) is 0 Å². The fraction of sp³-hybridized carbons (Fsp3) is 0.391. The molecule has 0 saturated carbocycles. The van der Waals surface area contributed by atoms with Crippen molar-refractivity contribution < 1.29 is 13.9 Å². The zero-order valence-corrected chi connectivity index (χ0v) is 17.6. The van der Waals surface area contributed by atoms with E-state index in [0.717, 1.165) is 29.0 Å². The number of fused-ring (bicyclic) bond motifs is 1. The number of hydrogen-bond donors (Lipinski definition) is 1. The second-order valence-electron chi connectivity index (χ2n) is 8.69. The summed E-state index contributed by atoms with van der Waals surface area (Å²) in [6.45, 7) is 7.39. The van der Waals surface area contributed by atoms with Gasteiger partial charge in [-0.05, 0) is 57.0 Å². The molecular formula is C23H27FN4O2. The van der Waals surface area contributed by atoms with Crippen LogP contribution >= 0.6 is 0 Å². The van der Waals surface area contributed by atoms with Crippen LogP contribution in [-0.2, 0) is 11.3 Å². The molecule has 4 rings (SSSR count). The molecule has 7 heteroatoms. The van der Waals surface area contributed by atoms with Gasteiger partial charge in [0.15, 0.2) is 0 Å². The zero-order chi connectivity index (χ0) is 21.3. The number of ether oxygens (including phenoxy) is 1. The minimum atomic E-state index is -0.508. The van der Waals surface area contributed by atoms with Crippen LogP contribution in [0.5, 0.6) is 0 Å². The molecule has 0 spiro atoms. The van der Waals surface area contributed by atoms with E-state index in [1.165, 1.54) is 12.1 Å². The number of likely N-dealkylation sites (tertiary alicyclic amines) is 1. The Morgan fingerprint density at radius 3 is 2.67 bits per heavy atom. The lowest BCUT2D eigenvalue weighted by atomic mass is 10.2. The van der Waals surface area contributed by atoms with Gasteiger partial charge < -0.3 is 19.5 Å². The Kier molecular flexibility index (Phi) is 5.37. The Balaban J connectivity index is 1.53. The molecule has 30 heavy (non-hydrogen) atoms. The molecule has 2 aromatic carbocycles. The molecule has 0 aliphatic carbocycles. The van der Waals surface area contributed by atoms with Crippen LogP contribution in [-0.4, -0.2) is 45.3 Å². The Morgan fingerprint density at radius 1 is 1.20 bits per heavy atom. The third-order valence-corrected chi connectivity index (χ3v) is 5.08. The van der Waals surface area contributed by atoms with Gasteiger partial charge in [0.1, 0.15) is 11.4 Å². The van der Waals surface area contributed by atoms with Crippen molar-refractivity contribution in [3.63, 3.8) is 0 Å². The molecule has 6 nitrogen and oxygen atoms in total. The number of anilines is 1. The third kappa shape index (κ3) is 4.56. The van der Waals surface area contributed by atoms with Crippen LogP contribution in [0.3, 0.4) is 0 Å². The Bertz CT molecular complexity index is 1040. The minimum absolute atomic E-state index is 0.0845. The summed E-state index contributed by atoms with van der Waals surface area (Å²) < 4.78 is 20.9. The SMILES string of the molecule is CC(C)(C)OC(=O)N1CCC(Nc2nc3ccccc3n2Cc2ccc(F)cc2)C1. The second-order valence-corrected chi connectivity index (χ2v) is 8.69. The van der Waals surface area contributed by atoms with E-state index in [-0.39, 0.29) is 18.0 Å². The molecule has 1 N–H and O–H groups in total. The smallest absolute Gasteiger partial charge is 0.410 e. The standard InChI is InChI=1S/C23H27FN4O2/c1-23(2,3)30-22(29)27-13-12-18(15-27)25-21-26-19-6-4-5-7-20(19)28(21)14-16-8-10-17(24)11-9-16/h4-11,18H,12-15H2,1-3H3,(H,25,26). The molecule has 1 aliphatic rings. The minimum Gasteiger partial charge on any atom is -0.444 e. The first-order chi connectivity index (χ1) is 14.3. The molecule has 3 aromatic rings. The normalized spacial score (nSPS) is 16.8. The maximum atomic E-state index is 13.3. The Hall–Kier alpha value is -3.09. The van der Waals surface area contributed by atoms with Crippen molar-refractivity contribution in [2.75, 3.05) is 18.4 Å². The van der Waals surface area contributed by atoms with Crippen molar-refractivity contribution in [2.45, 2.75) is 45.4 Å². The van der Waals surface area contributed by atoms with Crippen molar-refractivity contribution in [1.29, 1.82) is 0 Å². The summed E-state index contributed by atoms with van der Waals surface area (Å²) in [6.07, 6.45) is 0.533. The van der Waals surface area contributed by atoms with Crippen molar-refractivity contribution in [3.05, 3.63) is 59.9 Å². The largest absolute Gasteiger partial charge is 0.444 e. The van der Waals surface area contributed by atoms with E-state index in [4.69, 9.17) is 9.72 Å². The predicted molar refractivity (Wildman–Crippen MR) is 115 cm³/mol. The van der Waals surface area contributed by atoms with E-state index in [9.17, 15) is 9.18 Å². The van der Waals surface area contributed by atoms with Gasteiger partial charge in [0.25, 0.3) is 0 Å². The number of hydrogen-bond acceptors (Lipinski definition) is 4. The Morgan fingerprint density at radius 2 is 1.93 bits per heavy atom. The van der Waals surface area contributed by atoms with Crippen LogP contribution in [0.25, 0.3) is 11.0 Å². The maximum absolute atomic E-state index is 13.3. The number of rotatable bonds is 4. The maximum Gasteiger partial charge on any atom is 0.410 e. The molecule has 1 atom stereocenters. The number of carbonyl (C=O) groups is 1. The lowest BCUT2D eigenvalue weighted by Gasteiger charge is -2.24. The summed E-state index contributed by atoms with van der Waals surface area (Å²) >= 11 is 0. The van der Waals surface area contributed by atoms with Gasteiger partial charge in [-0.3, -0.25) is 0 Å². The predicted octanol–water partition coefficient (Wildman–Crippen LogP) is 4.65. The first kappa shape index (κ1) is 20.2. The molecule has 1 aliphatic heterocycles. The molecule has 1 saturated heterocycles. The molecule has 1 unspecified atom stereocenters. The molecule has 1 amide bonds. The molecular weight excluding hydrogens is 383 g/mol. The highest BCUT2D eigenvalue weighted by atomic mass is 19.1. The topological polar surface area (TPSA) is 59.4 Å². The molecule has 0 bridgehead atoms.